The van der Waals surface area contributed by atoms with Gasteiger partial charge in [-0.2, -0.15) is 0 Å². The first-order valence-corrected chi connectivity index (χ1v) is 12.1. The van der Waals surface area contributed by atoms with Gasteiger partial charge in [0, 0.05) is 0 Å². The van der Waals surface area contributed by atoms with Crippen LogP contribution in [-0.4, -0.2) is 22.0 Å². The summed E-state index contributed by atoms with van der Waals surface area (Å²) < 4.78 is 6.01. The molecular formula is C11H24OSi2. The van der Waals surface area contributed by atoms with Crippen molar-refractivity contribution in [2.45, 2.75) is 58.7 Å². The first-order chi connectivity index (χ1) is 5.91. The lowest BCUT2D eigenvalue weighted by atomic mass is 10.2. The van der Waals surface area contributed by atoms with Crippen molar-refractivity contribution in [3.05, 3.63) is 0 Å². The average Bonchev–Trinajstić information content (AvgIpc) is 1.76. The van der Waals surface area contributed by atoms with Gasteiger partial charge in [0.05, 0.1) is 0 Å². The molecule has 0 spiro atoms. The zero-order valence-corrected chi connectivity index (χ0v) is 12.9. The van der Waals surface area contributed by atoms with Gasteiger partial charge >= 0.3 is 0 Å². The summed E-state index contributed by atoms with van der Waals surface area (Å²) in [6.07, 6.45) is 0. The predicted octanol–water partition coefficient (Wildman–Crippen LogP) is 3.50. The van der Waals surface area contributed by atoms with Gasteiger partial charge in [0.25, 0.3) is 0 Å². The quantitative estimate of drug-likeness (QED) is 0.519. The molecule has 0 bridgehead atoms. The van der Waals surface area contributed by atoms with E-state index in [0.717, 1.165) is 0 Å². The van der Waals surface area contributed by atoms with E-state index in [2.05, 4.69) is 64.6 Å². The summed E-state index contributed by atoms with van der Waals surface area (Å²) in [6.45, 7) is 17.5. The summed E-state index contributed by atoms with van der Waals surface area (Å²) in [5, 5.41) is 0. The van der Waals surface area contributed by atoms with Crippen LogP contribution in [0, 0.1) is 11.5 Å². The zero-order valence-electron chi connectivity index (χ0n) is 10.9. The molecule has 0 rings (SSSR count). The minimum atomic E-state index is -1.48. The van der Waals surface area contributed by atoms with Crippen LogP contribution in [-0.2, 0) is 4.43 Å². The minimum absolute atomic E-state index is 0.273. The molecule has 0 saturated carbocycles. The van der Waals surface area contributed by atoms with Crippen molar-refractivity contribution >= 4 is 16.4 Å². The Labute approximate surface area is 91.4 Å². The molecule has 0 fully saturated rings. The lowest BCUT2D eigenvalue weighted by Gasteiger charge is -2.29. The van der Waals surface area contributed by atoms with Gasteiger partial charge in [-0.3, -0.25) is 0 Å². The molecule has 0 atom stereocenters. The Hall–Kier alpha value is -0.0462. The molecule has 0 aliphatic heterocycles. The standard InChI is InChI=1S/C11H24OSi2/c1-11(2,12-14(6,7)8)9-10-13(3,4)5/h1-8H3. The molecule has 0 amide bonds. The lowest BCUT2D eigenvalue weighted by Crippen LogP contribution is -2.37. The maximum Gasteiger partial charge on any atom is 0.185 e. The zero-order chi connectivity index (χ0) is 11.6. The second-order valence-corrected chi connectivity index (χ2v) is 15.4. The van der Waals surface area contributed by atoms with Crippen LogP contribution < -0.4 is 0 Å². The Balaban J connectivity index is 4.55. The Kier molecular flexibility index (Phi) is 4.20. The summed E-state index contributed by atoms with van der Waals surface area (Å²) in [7, 11) is -2.74. The van der Waals surface area contributed by atoms with E-state index in [-0.39, 0.29) is 5.60 Å². The molecule has 0 N–H and O–H groups in total. The summed E-state index contributed by atoms with van der Waals surface area (Å²) in [5.74, 6) is 3.28. The van der Waals surface area contributed by atoms with Crippen molar-refractivity contribution in [2.24, 2.45) is 0 Å². The van der Waals surface area contributed by atoms with E-state index in [9.17, 15) is 0 Å². The maximum absolute atomic E-state index is 6.01. The monoisotopic (exact) mass is 228 g/mol. The van der Waals surface area contributed by atoms with Crippen LogP contribution in [0.2, 0.25) is 39.3 Å². The lowest BCUT2D eigenvalue weighted by molar-refractivity contribution is 0.164. The van der Waals surface area contributed by atoms with Gasteiger partial charge in [0.15, 0.2) is 8.32 Å². The van der Waals surface area contributed by atoms with Gasteiger partial charge in [-0.25, -0.2) is 0 Å². The first kappa shape index (κ1) is 14.0. The van der Waals surface area contributed by atoms with Crippen molar-refractivity contribution in [1.82, 2.24) is 0 Å². The number of hydrogen-bond acceptors (Lipinski definition) is 1. The third-order valence-electron chi connectivity index (χ3n) is 1.30. The van der Waals surface area contributed by atoms with Crippen molar-refractivity contribution in [1.29, 1.82) is 0 Å². The van der Waals surface area contributed by atoms with Crippen molar-refractivity contribution in [3.63, 3.8) is 0 Å². The molecule has 0 saturated heterocycles. The fraction of sp³-hybridized carbons (Fsp3) is 0.818. The summed E-state index contributed by atoms with van der Waals surface area (Å²) >= 11 is 0. The van der Waals surface area contributed by atoms with Crippen LogP contribution in [0.25, 0.3) is 0 Å². The summed E-state index contributed by atoms with van der Waals surface area (Å²) in [4.78, 5) is 0. The molecule has 0 aromatic carbocycles. The van der Waals surface area contributed by atoms with Crippen LogP contribution in [0.3, 0.4) is 0 Å². The van der Waals surface area contributed by atoms with Gasteiger partial charge in [0.1, 0.15) is 13.7 Å². The first-order valence-electron chi connectivity index (χ1n) is 5.16. The third-order valence-corrected chi connectivity index (χ3v) is 3.30. The van der Waals surface area contributed by atoms with Crippen molar-refractivity contribution in [3.8, 4) is 11.5 Å². The molecule has 0 aliphatic rings. The van der Waals surface area contributed by atoms with Crippen LogP contribution in [0.4, 0.5) is 0 Å². The fourth-order valence-electron chi connectivity index (χ4n) is 1.13. The molecule has 0 radical (unpaired) electrons. The van der Waals surface area contributed by atoms with Gasteiger partial charge in [-0.05, 0) is 33.5 Å². The molecular weight excluding hydrogens is 204 g/mol. The molecule has 0 aliphatic carbocycles. The highest BCUT2D eigenvalue weighted by molar-refractivity contribution is 6.83. The Morgan fingerprint density at radius 2 is 1.36 bits per heavy atom. The van der Waals surface area contributed by atoms with Crippen LogP contribution in [0.15, 0.2) is 0 Å². The predicted molar refractivity (Wildman–Crippen MR) is 69.6 cm³/mol. The van der Waals surface area contributed by atoms with Gasteiger partial charge in [-0.15, -0.1) is 5.54 Å². The molecule has 1 nitrogen and oxygen atoms in total. The van der Waals surface area contributed by atoms with Gasteiger partial charge in [0.2, 0.25) is 0 Å². The Morgan fingerprint density at radius 1 is 0.929 bits per heavy atom. The molecule has 0 aromatic heterocycles. The summed E-state index contributed by atoms with van der Waals surface area (Å²) in [6, 6.07) is 0. The van der Waals surface area contributed by atoms with E-state index in [4.69, 9.17) is 4.43 Å². The molecule has 0 aromatic rings. The van der Waals surface area contributed by atoms with Gasteiger partial charge < -0.3 is 4.43 Å². The Bertz CT molecular complexity index is 245. The largest absolute Gasteiger partial charge is 0.402 e. The van der Waals surface area contributed by atoms with E-state index in [1.165, 1.54) is 0 Å². The van der Waals surface area contributed by atoms with Gasteiger partial charge in [-0.1, -0.05) is 25.6 Å². The van der Waals surface area contributed by atoms with Crippen molar-refractivity contribution in [2.75, 3.05) is 0 Å². The highest BCUT2D eigenvalue weighted by Crippen LogP contribution is 2.16. The van der Waals surface area contributed by atoms with E-state index in [1.807, 2.05) is 0 Å². The maximum atomic E-state index is 6.01. The topological polar surface area (TPSA) is 9.23 Å². The van der Waals surface area contributed by atoms with Crippen LogP contribution in [0.1, 0.15) is 13.8 Å². The third kappa shape index (κ3) is 8.55. The normalized spacial score (nSPS) is 13.4. The fourth-order valence-corrected chi connectivity index (χ4v) is 3.39. The molecule has 3 heteroatoms. The highest BCUT2D eigenvalue weighted by atomic mass is 28.4. The molecule has 0 unspecified atom stereocenters. The number of hydrogen-bond donors (Lipinski definition) is 0. The Morgan fingerprint density at radius 3 is 1.64 bits per heavy atom. The van der Waals surface area contributed by atoms with Crippen molar-refractivity contribution < 1.29 is 4.43 Å². The summed E-state index contributed by atoms with van der Waals surface area (Å²) in [5.41, 5.74) is 3.10. The smallest absolute Gasteiger partial charge is 0.185 e. The molecule has 0 heterocycles. The highest BCUT2D eigenvalue weighted by Gasteiger charge is 2.25. The van der Waals surface area contributed by atoms with E-state index < -0.39 is 16.4 Å². The van der Waals surface area contributed by atoms with Crippen LogP contribution >= 0.6 is 0 Å². The minimum Gasteiger partial charge on any atom is -0.402 e. The molecule has 14 heavy (non-hydrogen) atoms. The van der Waals surface area contributed by atoms with E-state index in [0.29, 0.717) is 0 Å². The second-order valence-electron chi connectivity index (χ2n) is 6.22. The van der Waals surface area contributed by atoms with E-state index >= 15 is 0 Å². The SMILES string of the molecule is CC(C)(C#C[Si](C)(C)C)O[Si](C)(C)C. The number of rotatable bonds is 2. The van der Waals surface area contributed by atoms with E-state index in [1.54, 1.807) is 0 Å². The molecule has 82 valence electrons. The second kappa shape index (κ2) is 4.22. The van der Waals surface area contributed by atoms with Crippen LogP contribution in [0.5, 0.6) is 0 Å². The average molecular weight is 228 g/mol.